The van der Waals surface area contributed by atoms with Crippen molar-refractivity contribution in [3.8, 4) is 0 Å². The molecule has 0 aromatic heterocycles. The summed E-state index contributed by atoms with van der Waals surface area (Å²) in [5, 5.41) is 0. The predicted octanol–water partition coefficient (Wildman–Crippen LogP) is 2.10. The molecule has 0 unspecified atom stereocenters. The second-order valence-corrected chi connectivity index (χ2v) is 3.12. The highest BCUT2D eigenvalue weighted by Crippen LogP contribution is 2.13. The van der Waals surface area contributed by atoms with E-state index in [0.717, 1.165) is 18.2 Å². The van der Waals surface area contributed by atoms with Crippen molar-refractivity contribution >= 4 is 11.8 Å². The third kappa shape index (κ3) is 3.12. The SMILES string of the molecule is COC(=O)CCC(=O)c1cc(F)ccc1F. The molecule has 0 amide bonds. The molecule has 0 fully saturated rings. The fraction of sp³-hybridized carbons (Fsp3) is 0.273. The summed E-state index contributed by atoms with van der Waals surface area (Å²) in [4.78, 5) is 22.2. The van der Waals surface area contributed by atoms with E-state index in [4.69, 9.17) is 0 Å². The average molecular weight is 228 g/mol. The van der Waals surface area contributed by atoms with E-state index in [1.165, 1.54) is 7.11 Å². The minimum absolute atomic E-state index is 0.148. The van der Waals surface area contributed by atoms with Crippen LogP contribution in [0.2, 0.25) is 0 Å². The summed E-state index contributed by atoms with van der Waals surface area (Å²) in [5.74, 6) is -2.67. The third-order valence-electron chi connectivity index (χ3n) is 2.01. The summed E-state index contributed by atoms with van der Waals surface area (Å²) in [6, 6.07) is 2.61. The van der Waals surface area contributed by atoms with Gasteiger partial charge in [-0.25, -0.2) is 8.78 Å². The van der Waals surface area contributed by atoms with Crippen molar-refractivity contribution in [3.63, 3.8) is 0 Å². The Balaban J connectivity index is 2.73. The minimum Gasteiger partial charge on any atom is -0.469 e. The van der Waals surface area contributed by atoms with Gasteiger partial charge >= 0.3 is 5.97 Å². The predicted molar refractivity (Wildman–Crippen MR) is 51.9 cm³/mol. The number of benzene rings is 1. The summed E-state index contributed by atoms with van der Waals surface area (Å²) in [6.07, 6.45) is -0.349. The van der Waals surface area contributed by atoms with Gasteiger partial charge in [0.1, 0.15) is 11.6 Å². The summed E-state index contributed by atoms with van der Waals surface area (Å²) < 4.78 is 30.2. The zero-order valence-corrected chi connectivity index (χ0v) is 8.63. The molecule has 1 aromatic carbocycles. The highest BCUT2D eigenvalue weighted by Gasteiger charge is 2.14. The van der Waals surface area contributed by atoms with Crippen molar-refractivity contribution in [2.24, 2.45) is 0 Å². The van der Waals surface area contributed by atoms with Gasteiger partial charge in [-0.15, -0.1) is 0 Å². The molecular weight excluding hydrogens is 218 g/mol. The number of carbonyl (C=O) groups is 2. The van der Waals surface area contributed by atoms with Crippen LogP contribution in [0.25, 0.3) is 0 Å². The number of hydrogen-bond acceptors (Lipinski definition) is 3. The molecule has 0 aliphatic carbocycles. The van der Waals surface area contributed by atoms with E-state index in [9.17, 15) is 18.4 Å². The van der Waals surface area contributed by atoms with Gasteiger partial charge in [-0.1, -0.05) is 0 Å². The van der Waals surface area contributed by atoms with E-state index < -0.39 is 23.4 Å². The Bertz CT molecular complexity index is 416. The number of halogens is 2. The van der Waals surface area contributed by atoms with Gasteiger partial charge in [-0.05, 0) is 18.2 Å². The fourth-order valence-electron chi connectivity index (χ4n) is 1.16. The molecule has 0 saturated carbocycles. The smallest absolute Gasteiger partial charge is 0.305 e. The molecule has 1 aromatic rings. The van der Waals surface area contributed by atoms with Gasteiger partial charge in [0.25, 0.3) is 0 Å². The second kappa shape index (κ2) is 5.34. The van der Waals surface area contributed by atoms with Crippen LogP contribution in [0.1, 0.15) is 23.2 Å². The van der Waals surface area contributed by atoms with Crippen molar-refractivity contribution in [1.29, 1.82) is 0 Å². The number of esters is 1. The van der Waals surface area contributed by atoms with Gasteiger partial charge < -0.3 is 4.74 Å². The van der Waals surface area contributed by atoms with Crippen LogP contribution in [-0.4, -0.2) is 18.9 Å². The normalized spacial score (nSPS) is 9.94. The summed E-state index contributed by atoms with van der Waals surface area (Å²) in [7, 11) is 1.19. The summed E-state index contributed by atoms with van der Waals surface area (Å²) in [6.45, 7) is 0. The van der Waals surface area contributed by atoms with Crippen LogP contribution >= 0.6 is 0 Å². The Morgan fingerprint density at radius 3 is 2.56 bits per heavy atom. The third-order valence-corrected chi connectivity index (χ3v) is 2.01. The maximum Gasteiger partial charge on any atom is 0.305 e. The van der Waals surface area contributed by atoms with Crippen LogP contribution in [0.15, 0.2) is 18.2 Å². The van der Waals surface area contributed by atoms with Crippen molar-refractivity contribution in [1.82, 2.24) is 0 Å². The lowest BCUT2D eigenvalue weighted by atomic mass is 10.1. The standard InChI is InChI=1S/C11H10F2O3/c1-16-11(15)5-4-10(14)8-6-7(12)2-3-9(8)13/h2-3,6H,4-5H2,1H3. The molecule has 0 heterocycles. The molecule has 0 saturated heterocycles. The van der Waals surface area contributed by atoms with Crippen LogP contribution in [0.5, 0.6) is 0 Å². The number of methoxy groups -OCH3 is 1. The first kappa shape index (κ1) is 12.3. The van der Waals surface area contributed by atoms with Gasteiger partial charge in [-0.2, -0.15) is 0 Å². The molecule has 0 N–H and O–H groups in total. The zero-order chi connectivity index (χ0) is 12.1. The number of ketones is 1. The minimum atomic E-state index is -0.795. The highest BCUT2D eigenvalue weighted by atomic mass is 19.1. The highest BCUT2D eigenvalue weighted by molar-refractivity contribution is 5.97. The molecule has 0 bridgehead atoms. The molecule has 0 aliphatic heterocycles. The molecule has 0 spiro atoms. The van der Waals surface area contributed by atoms with Gasteiger partial charge in [0.2, 0.25) is 0 Å². The van der Waals surface area contributed by atoms with Gasteiger partial charge in [0.05, 0.1) is 19.1 Å². The molecule has 0 atom stereocenters. The molecule has 0 radical (unpaired) electrons. The molecule has 1 rings (SSSR count). The first-order chi connectivity index (χ1) is 7.54. The Labute approximate surface area is 91.0 Å². The van der Waals surface area contributed by atoms with E-state index in [1.54, 1.807) is 0 Å². The average Bonchev–Trinajstić information content (AvgIpc) is 2.28. The Hall–Kier alpha value is -1.78. The van der Waals surface area contributed by atoms with E-state index in [1.807, 2.05) is 0 Å². The maximum absolute atomic E-state index is 13.1. The lowest BCUT2D eigenvalue weighted by Crippen LogP contribution is -2.07. The van der Waals surface area contributed by atoms with Crippen molar-refractivity contribution in [2.45, 2.75) is 12.8 Å². The fourth-order valence-corrected chi connectivity index (χ4v) is 1.16. The molecule has 16 heavy (non-hydrogen) atoms. The van der Waals surface area contributed by atoms with E-state index in [0.29, 0.717) is 0 Å². The largest absolute Gasteiger partial charge is 0.469 e. The Kier molecular flexibility index (Phi) is 4.10. The van der Waals surface area contributed by atoms with Crippen LogP contribution in [0.4, 0.5) is 8.78 Å². The second-order valence-electron chi connectivity index (χ2n) is 3.12. The number of rotatable bonds is 4. The van der Waals surface area contributed by atoms with E-state index in [2.05, 4.69) is 4.74 Å². The van der Waals surface area contributed by atoms with Gasteiger partial charge in [0.15, 0.2) is 5.78 Å². The first-order valence-electron chi connectivity index (χ1n) is 4.59. The Morgan fingerprint density at radius 2 is 1.94 bits per heavy atom. The molecule has 86 valence electrons. The number of carbonyl (C=O) groups excluding carboxylic acids is 2. The maximum atomic E-state index is 13.1. The quantitative estimate of drug-likeness (QED) is 0.585. The van der Waals surface area contributed by atoms with Crippen LogP contribution in [0, 0.1) is 11.6 Å². The van der Waals surface area contributed by atoms with Crippen molar-refractivity contribution < 1.29 is 23.1 Å². The monoisotopic (exact) mass is 228 g/mol. The Morgan fingerprint density at radius 1 is 1.25 bits per heavy atom. The molecule has 0 aliphatic rings. The van der Waals surface area contributed by atoms with Crippen molar-refractivity contribution in [3.05, 3.63) is 35.4 Å². The van der Waals surface area contributed by atoms with Gasteiger partial charge in [-0.3, -0.25) is 9.59 Å². The number of ether oxygens (including phenoxy) is 1. The lowest BCUT2D eigenvalue weighted by molar-refractivity contribution is -0.140. The topological polar surface area (TPSA) is 43.4 Å². The molecule has 5 heteroatoms. The molecule has 3 nitrogen and oxygen atoms in total. The van der Waals surface area contributed by atoms with E-state index in [-0.39, 0.29) is 18.4 Å². The van der Waals surface area contributed by atoms with Gasteiger partial charge in [0, 0.05) is 6.42 Å². The lowest BCUT2D eigenvalue weighted by Gasteiger charge is -2.02. The molecular formula is C11H10F2O3. The zero-order valence-electron chi connectivity index (χ0n) is 8.63. The number of Topliss-reactive ketones (excluding diaryl/α,β-unsaturated/α-hetero) is 1. The summed E-state index contributed by atoms with van der Waals surface area (Å²) >= 11 is 0. The van der Waals surface area contributed by atoms with Crippen LogP contribution in [0.3, 0.4) is 0 Å². The summed E-state index contributed by atoms with van der Waals surface area (Å²) in [5.41, 5.74) is -0.344. The van der Waals surface area contributed by atoms with Crippen LogP contribution in [-0.2, 0) is 9.53 Å². The number of hydrogen-bond donors (Lipinski definition) is 0. The van der Waals surface area contributed by atoms with Crippen molar-refractivity contribution in [2.75, 3.05) is 7.11 Å². The van der Waals surface area contributed by atoms with E-state index >= 15 is 0 Å². The van der Waals surface area contributed by atoms with Crippen LogP contribution < -0.4 is 0 Å². The first-order valence-corrected chi connectivity index (χ1v) is 4.59.